The van der Waals surface area contributed by atoms with E-state index in [1.165, 1.54) is 4.31 Å². The van der Waals surface area contributed by atoms with E-state index in [1.54, 1.807) is 19.2 Å². The molecule has 1 aliphatic carbocycles. The molecule has 1 aromatic heterocycles. The zero-order valence-electron chi connectivity index (χ0n) is 19.2. The van der Waals surface area contributed by atoms with Gasteiger partial charge < -0.3 is 14.2 Å². The third-order valence-corrected chi connectivity index (χ3v) is 8.03. The van der Waals surface area contributed by atoms with Gasteiger partial charge in [0.15, 0.2) is 0 Å². The molecular weight excluding hydrogens is 438 g/mol. The Hall–Kier alpha value is -2.68. The maximum absolute atomic E-state index is 13.8. The Morgan fingerprint density at radius 1 is 1.09 bits per heavy atom. The normalized spacial score (nSPS) is 14.2. The van der Waals surface area contributed by atoms with Crippen molar-refractivity contribution >= 4 is 26.7 Å². The van der Waals surface area contributed by atoms with Crippen molar-refractivity contribution in [1.29, 1.82) is 0 Å². The molecule has 2 aromatic carbocycles. The first-order valence-corrected chi connectivity index (χ1v) is 12.7. The third kappa shape index (κ3) is 5.29. The number of aromatic nitrogens is 1. The molecule has 8 heteroatoms. The first-order valence-electron chi connectivity index (χ1n) is 11.3. The fraction of sp³-hybridized carbons (Fsp3) is 0.400. The van der Waals surface area contributed by atoms with Crippen LogP contribution in [0.2, 0.25) is 0 Å². The van der Waals surface area contributed by atoms with Gasteiger partial charge in [-0.2, -0.15) is 4.31 Å². The Balaban J connectivity index is 1.62. The van der Waals surface area contributed by atoms with Crippen molar-refractivity contribution in [1.82, 2.24) is 13.8 Å². The Labute approximate surface area is 195 Å². The van der Waals surface area contributed by atoms with Crippen molar-refractivity contribution in [3.05, 3.63) is 66.5 Å². The molecule has 1 aliphatic rings. The van der Waals surface area contributed by atoms with Gasteiger partial charge in [0.2, 0.25) is 15.9 Å². The predicted molar refractivity (Wildman–Crippen MR) is 128 cm³/mol. The van der Waals surface area contributed by atoms with Gasteiger partial charge in [0, 0.05) is 50.6 Å². The van der Waals surface area contributed by atoms with Crippen LogP contribution in [0, 0.1) is 0 Å². The van der Waals surface area contributed by atoms with Gasteiger partial charge in [0.1, 0.15) is 0 Å². The van der Waals surface area contributed by atoms with Gasteiger partial charge >= 0.3 is 0 Å². The summed E-state index contributed by atoms with van der Waals surface area (Å²) in [6, 6.07) is 16.8. The van der Waals surface area contributed by atoms with Crippen LogP contribution in [0.3, 0.4) is 0 Å². The highest BCUT2D eigenvalue weighted by Gasteiger charge is 2.36. The zero-order valence-corrected chi connectivity index (χ0v) is 20.0. The summed E-state index contributed by atoms with van der Waals surface area (Å²) in [5, 5.41) is 1.51. The average Bonchev–Trinajstić information content (AvgIpc) is 3.57. The summed E-state index contributed by atoms with van der Waals surface area (Å²) in [5.41, 5.74) is 1.03. The van der Waals surface area contributed by atoms with Crippen molar-refractivity contribution in [2.24, 2.45) is 7.05 Å². The lowest BCUT2D eigenvalue weighted by Crippen LogP contribution is -2.44. The van der Waals surface area contributed by atoms with Crippen molar-refractivity contribution in [2.75, 3.05) is 26.8 Å². The second-order valence-electron chi connectivity index (χ2n) is 8.53. The Morgan fingerprint density at radius 2 is 1.85 bits per heavy atom. The van der Waals surface area contributed by atoms with Gasteiger partial charge in [-0.3, -0.25) is 4.79 Å². The molecular formula is C25H31N3O4S. The predicted octanol–water partition coefficient (Wildman–Crippen LogP) is 3.40. The fourth-order valence-corrected chi connectivity index (χ4v) is 5.76. The first kappa shape index (κ1) is 23.5. The molecule has 0 bridgehead atoms. The molecule has 4 rings (SSSR count). The summed E-state index contributed by atoms with van der Waals surface area (Å²) >= 11 is 0. The van der Waals surface area contributed by atoms with Crippen LogP contribution < -0.4 is 0 Å². The highest BCUT2D eigenvalue weighted by molar-refractivity contribution is 7.89. The summed E-state index contributed by atoms with van der Waals surface area (Å²) in [4.78, 5) is 15.5. The topological polar surface area (TPSA) is 71.8 Å². The summed E-state index contributed by atoms with van der Waals surface area (Å²) in [6.45, 7) is 0.933. The molecule has 7 nitrogen and oxygen atoms in total. The average molecular weight is 470 g/mol. The molecule has 0 N–H and O–H groups in total. The highest BCUT2D eigenvalue weighted by Crippen LogP contribution is 2.30. The minimum absolute atomic E-state index is 0.167. The molecule has 0 atom stereocenters. The monoisotopic (exact) mass is 469 g/mol. The minimum atomic E-state index is -3.89. The number of aryl methyl sites for hydroxylation is 1. The lowest BCUT2D eigenvalue weighted by molar-refractivity contribution is -0.132. The number of amides is 1. The molecule has 176 valence electrons. The molecule has 33 heavy (non-hydrogen) atoms. The summed E-state index contributed by atoms with van der Waals surface area (Å²) in [5.74, 6) is -0.167. The van der Waals surface area contributed by atoms with Crippen LogP contribution in [-0.2, 0) is 33.1 Å². The molecule has 1 heterocycles. The largest absolute Gasteiger partial charge is 0.385 e. The van der Waals surface area contributed by atoms with Crippen LogP contribution in [0.1, 0.15) is 25.0 Å². The van der Waals surface area contributed by atoms with Crippen molar-refractivity contribution in [3.8, 4) is 0 Å². The van der Waals surface area contributed by atoms with E-state index >= 15 is 0 Å². The SMILES string of the molecule is COCCCN(CC(=O)N(Cc1cccn1C)C1CC1)S(=O)(=O)c1cccc2ccccc12. The molecule has 1 amide bonds. The van der Waals surface area contributed by atoms with Gasteiger partial charge in [-0.15, -0.1) is 0 Å². The van der Waals surface area contributed by atoms with E-state index in [2.05, 4.69) is 0 Å². The lowest BCUT2D eigenvalue weighted by atomic mass is 10.1. The third-order valence-electron chi connectivity index (χ3n) is 6.13. The van der Waals surface area contributed by atoms with Gasteiger partial charge in [0.25, 0.3) is 0 Å². The van der Waals surface area contributed by atoms with E-state index in [9.17, 15) is 13.2 Å². The lowest BCUT2D eigenvalue weighted by Gasteiger charge is -2.28. The number of sulfonamides is 1. The number of rotatable bonds is 11. The van der Waals surface area contributed by atoms with Gasteiger partial charge in [0.05, 0.1) is 18.0 Å². The quantitative estimate of drug-likeness (QED) is 0.404. The number of nitrogens with zero attached hydrogens (tertiary/aromatic N) is 3. The molecule has 0 aliphatic heterocycles. The summed E-state index contributed by atoms with van der Waals surface area (Å²) in [6.07, 6.45) is 4.37. The van der Waals surface area contributed by atoms with E-state index in [-0.39, 0.29) is 29.9 Å². The summed E-state index contributed by atoms with van der Waals surface area (Å²) in [7, 11) is -0.349. The van der Waals surface area contributed by atoms with Gasteiger partial charge in [-0.1, -0.05) is 36.4 Å². The van der Waals surface area contributed by atoms with E-state index in [4.69, 9.17) is 4.74 Å². The second-order valence-corrected chi connectivity index (χ2v) is 10.4. The summed E-state index contributed by atoms with van der Waals surface area (Å²) < 4.78 is 36.0. The van der Waals surface area contributed by atoms with Crippen LogP contribution in [-0.4, -0.2) is 60.9 Å². The van der Waals surface area contributed by atoms with Crippen molar-refractivity contribution < 1.29 is 17.9 Å². The van der Waals surface area contributed by atoms with E-state index in [1.807, 2.05) is 65.2 Å². The fourth-order valence-electron chi connectivity index (χ4n) is 4.11. The second kappa shape index (κ2) is 10.1. The van der Waals surface area contributed by atoms with E-state index in [0.717, 1.165) is 23.9 Å². The smallest absolute Gasteiger partial charge is 0.244 e. The number of carbonyl (C=O) groups is 1. The molecule has 0 spiro atoms. The number of carbonyl (C=O) groups excluding carboxylic acids is 1. The van der Waals surface area contributed by atoms with Crippen LogP contribution in [0.15, 0.2) is 65.7 Å². The first-order chi connectivity index (χ1) is 15.9. The Bertz CT molecular complexity index is 1210. The minimum Gasteiger partial charge on any atom is -0.385 e. The standard InChI is InChI=1S/C25H31N3O4S/c1-26-15-6-10-22(26)18-28(21-13-14-21)25(29)19-27(16-7-17-32-2)33(30,31)24-12-5-9-20-8-3-4-11-23(20)24/h3-6,8-12,15,21H,7,13-14,16-19H2,1-2H3. The van der Waals surface area contributed by atoms with Crippen molar-refractivity contribution in [3.63, 3.8) is 0 Å². The molecule has 1 fully saturated rings. The number of methoxy groups -OCH3 is 1. The van der Waals surface area contributed by atoms with Gasteiger partial charge in [-0.25, -0.2) is 8.42 Å². The van der Waals surface area contributed by atoms with Crippen LogP contribution in [0.5, 0.6) is 0 Å². The molecule has 3 aromatic rings. The molecule has 1 saturated carbocycles. The maximum Gasteiger partial charge on any atom is 0.244 e. The van der Waals surface area contributed by atoms with Crippen LogP contribution in [0.25, 0.3) is 10.8 Å². The molecule has 0 saturated heterocycles. The number of benzene rings is 2. The number of fused-ring (bicyclic) bond motifs is 1. The maximum atomic E-state index is 13.8. The van der Waals surface area contributed by atoms with E-state index < -0.39 is 10.0 Å². The van der Waals surface area contributed by atoms with Crippen LogP contribution in [0.4, 0.5) is 0 Å². The van der Waals surface area contributed by atoms with Crippen LogP contribution >= 0.6 is 0 Å². The highest BCUT2D eigenvalue weighted by atomic mass is 32.2. The Kier molecular flexibility index (Phi) is 7.17. The number of ether oxygens (including phenoxy) is 1. The van der Waals surface area contributed by atoms with E-state index in [0.29, 0.717) is 25.0 Å². The number of hydrogen-bond donors (Lipinski definition) is 0. The molecule has 0 radical (unpaired) electrons. The Morgan fingerprint density at radius 3 is 2.55 bits per heavy atom. The van der Waals surface area contributed by atoms with Crippen molar-refractivity contribution in [2.45, 2.75) is 36.7 Å². The molecule has 0 unspecified atom stereocenters. The number of hydrogen-bond acceptors (Lipinski definition) is 4. The van der Waals surface area contributed by atoms with Gasteiger partial charge in [-0.05, 0) is 42.8 Å². The zero-order chi connectivity index (χ0) is 23.4.